The van der Waals surface area contributed by atoms with Crippen molar-refractivity contribution in [2.24, 2.45) is 5.16 Å². The molecular weight excluding hydrogens is 441 g/mol. The molecule has 0 bridgehead atoms. The molecule has 2 rings (SSSR count). The van der Waals surface area contributed by atoms with E-state index in [-0.39, 0.29) is 44.7 Å². The number of nitrogens with zero attached hydrogens (tertiary/aromatic N) is 3. The summed E-state index contributed by atoms with van der Waals surface area (Å²) < 4.78 is 31.4. The van der Waals surface area contributed by atoms with Crippen LogP contribution in [-0.4, -0.2) is 98.1 Å². The first-order chi connectivity index (χ1) is 12.8. The fraction of sp³-hybridized carbons (Fsp3) is 0.462. The molecule has 2 amide bonds. The van der Waals surface area contributed by atoms with Crippen LogP contribution < -0.4 is 11.1 Å². The Bertz CT molecular complexity index is 960. The Morgan fingerprint density at radius 1 is 1.45 bits per heavy atom. The van der Waals surface area contributed by atoms with Gasteiger partial charge in [0.1, 0.15) is 11.7 Å². The zero-order valence-corrected chi connectivity index (χ0v) is 19.4. The number of carbonyl (C=O) groups is 3. The van der Waals surface area contributed by atoms with E-state index in [0.29, 0.717) is 0 Å². The number of nitrogen functional groups attached to an aromatic ring is 1. The van der Waals surface area contributed by atoms with Gasteiger partial charge in [-0.2, -0.15) is 8.42 Å². The van der Waals surface area contributed by atoms with Gasteiger partial charge in [-0.25, -0.2) is 14.1 Å². The summed E-state index contributed by atoms with van der Waals surface area (Å²) in [5, 5.41) is 16.3. The predicted molar refractivity (Wildman–Crippen MR) is 101 cm³/mol. The molecule has 0 saturated carbocycles. The van der Waals surface area contributed by atoms with Crippen LogP contribution in [-0.2, 0) is 29.5 Å². The number of β-lactam (4-membered cyclic amide) rings is 1. The summed E-state index contributed by atoms with van der Waals surface area (Å²) >= 11 is 0.980. The first-order valence-electron chi connectivity index (χ1n) is 7.58. The minimum atomic E-state index is -4.76. The number of carbonyl (C=O) groups excluding carboxylic acids is 2. The van der Waals surface area contributed by atoms with Crippen LogP contribution in [0.2, 0.25) is 0 Å². The maximum atomic E-state index is 12.6. The zero-order valence-electron chi connectivity index (χ0n) is 15.8. The molecule has 0 aliphatic carbocycles. The summed E-state index contributed by atoms with van der Waals surface area (Å²) in [6.07, 6.45) is 0. The van der Waals surface area contributed by atoms with E-state index in [9.17, 15) is 22.8 Å². The topological polar surface area (TPSA) is 202 Å². The van der Waals surface area contributed by atoms with Gasteiger partial charge < -0.3 is 21.0 Å². The van der Waals surface area contributed by atoms with Gasteiger partial charge in [0, 0.05) is 34.9 Å². The van der Waals surface area contributed by atoms with Crippen LogP contribution in [0.25, 0.3) is 0 Å². The Hall–Kier alpha value is -1.78. The van der Waals surface area contributed by atoms with E-state index in [1.54, 1.807) is 0 Å². The summed E-state index contributed by atoms with van der Waals surface area (Å²) in [4.78, 5) is 44.4. The molecule has 2 atom stereocenters. The second-order valence-corrected chi connectivity index (χ2v) is 8.40. The minimum absolute atomic E-state index is 0. The van der Waals surface area contributed by atoms with Crippen LogP contribution in [0.1, 0.15) is 26.5 Å². The van der Waals surface area contributed by atoms with Crippen LogP contribution in [0.4, 0.5) is 5.13 Å². The van der Waals surface area contributed by atoms with Crippen molar-refractivity contribution in [2.45, 2.75) is 38.5 Å². The number of amides is 2. The van der Waals surface area contributed by atoms with Gasteiger partial charge in [0.2, 0.25) is 5.60 Å². The summed E-state index contributed by atoms with van der Waals surface area (Å²) in [5.41, 5.74) is 3.26. The van der Waals surface area contributed by atoms with E-state index in [1.165, 1.54) is 26.2 Å². The van der Waals surface area contributed by atoms with Crippen molar-refractivity contribution in [3.05, 3.63) is 11.1 Å². The standard InChI is InChI=1S/C13H17N5O8S2.Na/c1-5-7(10(20)18(5)28(23,24)25)16-9(19)8(6-4-27-12(14)15-6)17-26-13(2,3)11(21)22;/h4-5,7H,1-3H3,(H2,14,15)(H,16,19)(H,21,22)(H,23,24,25);/b17-8-;/t5-,7-;/m0./s1. The molecule has 0 spiro atoms. The second kappa shape index (κ2) is 8.93. The molecule has 1 saturated heterocycles. The fourth-order valence-electron chi connectivity index (χ4n) is 2.11. The van der Waals surface area contributed by atoms with Crippen molar-refractivity contribution >= 4 is 79.8 Å². The number of rotatable bonds is 7. The van der Waals surface area contributed by atoms with Crippen LogP contribution >= 0.6 is 11.3 Å². The van der Waals surface area contributed by atoms with Crippen molar-refractivity contribution < 1.29 is 37.3 Å². The quantitative estimate of drug-likeness (QED) is 0.122. The van der Waals surface area contributed by atoms with E-state index < -0.39 is 51.5 Å². The smallest absolute Gasteiger partial charge is 0.362 e. The van der Waals surface area contributed by atoms with Crippen LogP contribution in [0.5, 0.6) is 0 Å². The van der Waals surface area contributed by atoms with E-state index in [0.717, 1.165) is 11.3 Å². The molecule has 16 heteroatoms. The Morgan fingerprint density at radius 3 is 2.45 bits per heavy atom. The maximum Gasteiger partial charge on any atom is 0.362 e. The fourth-order valence-corrected chi connectivity index (χ4v) is 3.54. The third-order valence-electron chi connectivity index (χ3n) is 3.73. The SMILES string of the molecule is C[C@H]1[C@H](NC(=O)/C(=N\OC(C)(C)C(=O)O)c2csc(N)n2)C(=O)N1S(=O)(=O)O.[Na]. The maximum absolute atomic E-state index is 12.6. The minimum Gasteiger partial charge on any atom is -0.478 e. The largest absolute Gasteiger partial charge is 0.478 e. The van der Waals surface area contributed by atoms with Gasteiger partial charge in [0.05, 0.1) is 6.04 Å². The molecule has 1 aliphatic heterocycles. The van der Waals surface area contributed by atoms with E-state index in [4.69, 9.17) is 20.2 Å². The van der Waals surface area contributed by atoms with Gasteiger partial charge in [-0.1, -0.05) is 5.16 Å². The van der Waals surface area contributed by atoms with Crippen molar-refractivity contribution in [1.29, 1.82) is 0 Å². The number of aliphatic carboxylic acids is 1. The van der Waals surface area contributed by atoms with Gasteiger partial charge >= 0.3 is 16.3 Å². The van der Waals surface area contributed by atoms with Crippen molar-refractivity contribution in [2.75, 3.05) is 5.73 Å². The van der Waals surface area contributed by atoms with Crippen molar-refractivity contribution in [1.82, 2.24) is 14.6 Å². The number of thiazole rings is 1. The molecule has 5 N–H and O–H groups in total. The summed E-state index contributed by atoms with van der Waals surface area (Å²) in [5.74, 6) is -3.38. The van der Waals surface area contributed by atoms with Gasteiger partial charge in [-0.05, 0) is 20.8 Å². The monoisotopic (exact) mass is 458 g/mol. The molecule has 1 radical (unpaired) electrons. The van der Waals surface area contributed by atoms with E-state index in [1.807, 2.05) is 0 Å². The normalized spacial score (nSPS) is 19.8. The first-order valence-corrected chi connectivity index (χ1v) is 9.86. The molecule has 0 aromatic carbocycles. The number of carboxylic acids is 1. The Kier molecular flexibility index (Phi) is 7.78. The first kappa shape index (κ1) is 25.3. The van der Waals surface area contributed by atoms with Crippen LogP contribution in [0.15, 0.2) is 10.5 Å². The van der Waals surface area contributed by atoms with Gasteiger partial charge in [0.15, 0.2) is 10.8 Å². The number of nitrogens with two attached hydrogens (primary N) is 1. The Morgan fingerprint density at radius 2 is 2.03 bits per heavy atom. The molecule has 1 aromatic heterocycles. The second-order valence-electron chi connectivity index (χ2n) is 6.22. The van der Waals surface area contributed by atoms with Gasteiger partial charge in [-0.15, -0.1) is 11.3 Å². The third kappa shape index (κ3) is 5.43. The van der Waals surface area contributed by atoms with Crippen LogP contribution in [0, 0.1) is 0 Å². The summed E-state index contributed by atoms with van der Waals surface area (Å²) in [6.45, 7) is 3.69. The van der Waals surface area contributed by atoms with E-state index in [2.05, 4.69) is 15.5 Å². The number of hydrogen-bond donors (Lipinski definition) is 4. The average Bonchev–Trinajstić information content (AvgIpc) is 2.97. The molecule has 2 heterocycles. The number of hydrogen-bond acceptors (Lipinski definition) is 10. The molecule has 155 valence electrons. The average molecular weight is 458 g/mol. The van der Waals surface area contributed by atoms with Crippen molar-refractivity contribution in [3.63, 3.8) is 0 Å². The molecule has 0 unspecified atom stereocenters. The molecule has 1 aromatic rings. The van der Waals surface area contributed by atoms with Gasteiger partial charge in [0.25, 0.3) is 11.8 Å². The molecule has 29 heavy (non-hydrogen) atoms. The van der Waals surface area contributed by atoms with Crippen LogP contribution in [0.3, 0.4) is 0 Å². The summed E-state index contributed by atoms with van der Waals surface area (Å²) in [6, 6.07) is -2.31. The van der Waals surface area contributed by atoms with E-state index >= 15 is 0 Å². The predicted octanol–water partition coefficient (Wildman–Crippen LogP) is -1.55. The zero-order chi connectivity index (χ0) is 21.4. The molecule has 1 aliphatic rings. The number of oxime groups is 1. The molecule has 1 fully saturated rings. The number of anilines is 1. The number of carboxylic acid groups (broad SMARTS) is 1. The molecular formula is C13H17N5NaO8S2. The number of nitrogens with one attached hydrogen (secondary N) is 1. The Labute approximate surface area is 191 Å². The third-order valence-corrected chi connectivity index (χ3v) is 5.41. The molecule has 13 nitrogen and oxygen atoms in total. The van der Waals surface area contributed by atoms with Crippen molar-refractivity contribution in [3.8, 4) is 0 Å². The summed E-state index contributed by atoms with van der Waals surface area (Å²) in [7, 11) is -4.76. The number of aromatic nitrogens is 1. The van der Waals surface area contributed by atoms with Gasteiger partial charge in [-0.3, -0.25) is 14.1 Å². The Balaban J connectivity index is 0.00000420.